The van der Waals surface area contributed by atoms with Crippen molar-refractivity contribution in [2.75, 3.05) is 26.6 Å². The number of H-pyrrole nitrogens is 1. The summed E-state index contributed by atoms with van der Waals surface area (Å²) in [5.41, 5.74) is 3.21. The van der Waals surface area contributed by atoms with Crippen molar-refractivity contribution >= 4 is 11.9 Å². The predicted molar refractivity (Wildman–Crippen MR) is 117 cm³/mol. The number of rotatable bonds is 7. The average Bonchev–Trinajstić information content (AvgIpc) is 3.26. The number of aromatic nitrogens is 3. The molecule has 0 saturated heterocycles. The van der Waals surface area contributed by atoms with Gasteiger partial charge in [-0.05, 0) is 60.6 Å². The summed E-state index contributed by atoms with van der Waals surface area (Å²) in [4.78, 5) is 17.1. The number of anilines is 1. The van der Waals surface area contributed by atoms with E-state index in [2.05, 4.69) is 32.6 Å². The molecule has 0 saturated carbocycles. The van der Waals surface area contributed by atoms with Gasteiger partial charge in [0.1, 0.15) is 17.2 Å². The van der Waals surface area contributed by atoms with Crippen molar-refractivity contribution in [3.05, 3.63) is 47.5 Å². The third-order valence-electron chi connectivity index (χ3n) is 5.62. The minimum Gasteiger partial charge on any atom is -0.497 e. The summed E-state index contributed by atoms with van der Waals surface area (Å²) < 4.78 is 16.0. The van der Waals surface area contributed by atoms with Crippen LogP contribution in [0.5, 0.6) is 17.2 Å². The van der Waals surface area contributed by atoms with Crippen LogP contribution in [0, 0.1) is 0 Å². The van der Waals surface area contributed by atoms with Crippen molar-refractivity contribution in [2.24, 2.45) is 0 Å². The summed E-state index contributed by atoms with van der Waals surface area (Å²) in [5, 5.41) is 9.81. The Morgan fingerprint density at radius 1 is 1.10 bits per heavy atom. The Labute approximate surface area is 180 Å². The molecule has 0 aliphatic heterocycles. The molecule has 3 aromatic rings. The number of fused-ring (bicyclic) bond motifs is 1. The lowest BCUT2D eigenvalue weighted by Gasteiger charge is -2.25. The van der Waals surface area contributed by atoms with Crippen molar-refractivity contribution in [1.82, 2.24) is 15.2 Å². The highest BCUT2D eigenvalue weighted by Gasteiger charge is 2.24. The molecule has 1 aliphatic carbocycles. The standard InChI is InChI=1S/C23H26N4O4/c1-29-16-7-9-18-14(11-16)5-4-6-15(18)12-21(28)24-23-25-22(26-27-23)19-10-8-17(30-2)13-20(19)31-3/h7-11,13,15H,4-6,12H2,1-3H3,(H2,24,25,26,27,28). The molecule has 1 aliphatic rings. The fourth-order valence-corrected chi connectivity index (χ4v) is 4.06. The molecule has 2 N–H and O–H groups in total. The van der Waals surface area contributed by atoms with Crippen molar-refractivity contribution in [2.45, 2.75) is 31.6 Å². The van der Waals surface area contributed by atoms with Crippen LogP contribution < -0.4 is 19.5 Å². The van der Waals surface area contributed by atoms with Crippen LogP contribution in [0.15, 0.2) is 36.4 Å². The molecule has 0 bridgehead atoms. The van der Waals surface area contributed by atoms with Crippen LogP contribution in [-0.4, -0.2) is 42.4 Å². The van der Waals surface area contributed by atoms with Crippen molar-refractivity contribution in [3.63, 3.8) is 0 Å². The zero-order valence-electron chi connectivity index (χ0n) is 17.9. The summed E-state index contributed by atoms with van der Waals surface area (Å²) in [6, 6.07) is 11.5. The highest BCUT2D eigenvalue weighted by Crippen LogP contribution is 2.36. The summed E-state index contributed by atoms with van der Waals surface area (Å²) in [5.74, 6) is 2.94. The number of nitrogens with one attached hydrogen (secondary N) is 2. The normalized spacial score (nSPS) is 15.1. The molecule has 0 spiro atoms. The van der Waals surface area contributed by atoms with Crippen LogP contribution >= 0.6 is 0 Å². The Kier molecular flexibility index (Phi) is 6.06. The Morgan fingerprint density at radius 3 is 2.65 bits per heavy atom. The number of aromatic amines is 1. The molecule has 8 heteroatoms. The van der Waals surface area contributed by atoms with Gasteiger partial charge in [-0.3, -0.25) is 15.2 Å². The van der Waals surface area contributed by atoms with E-state index in [9.17, 15) is 4.79 Å². The van der Waals surface area contributed by atoms with Gasteiger partial charge in [0.05, 0.1) is 26.9 Å². The largest absolute Gasteiger partial charge is 0.497 e. The highest BCUT2D eigenvalue weighted by atomic mass is 16.5. The molecule has 0 fully saturated rings. The van der Waals surface area contributed by atoms with Crippen LogP contribution in [-0.2, 0) is 11.2 Å². The number of benzene rings is 2. The molecular weight excluding hydrogens is 396 g/mol. The van der Waals surface area contributed by atoms with Crippen molar-refractivity contribution in [3.8, 4) is 28.6 Å². The van der Waals surface area contributed by atoms with Gasteiger partial charge in [-0.15, -0.1) is 5.10 Å². The summed E-state index contributed by atoms with van der Waals surface area (Å²) >= 11 is 0. The van der Waals surface area contributed by atoms with Crippen LogP contribution in [0.25, 0.3) is 11.4 Å². The number of carbonyl (C=O) groups excluding carboxylic acids is 1. The minimum absolute atomic E-state index is 0.110. The van der Waals surface area contributed by atoms with E-state index in [1.165, 1.54) is 11.1 Å². The first-order chi connectivity index (χ1) is 15.1. The van der Waals surface area contributed by atoms with Gasteiger partial charge in [0, 0.05) is 12.5 Å². The molecular formula is C23H26N4O4. The van der Waals surface area contributed by atoms with Gasteiger partial charge < -0.3 is 14.2 Å². The lowest BCUT2D eigenvalue weighted by molar-refractivity contribution is -0.116. The van der Waals surface area contributed by atoms with E-state index >= 15 is 0 Å². The van der Waals surface area contributed by atoms with E-state index in [-0.39, 0.29) is 17.8 Å². The lowest BCUT2D eigenvalue weighted by atomic mass is 9.81. The molecule has 0 radical (unpaired) electrons. The van der Waals surface area contributed by atoms with E-state index in [0.717, 1.165) is 30.6 Å². The second-order valence-electron chi connectivity index (χ2n) is 7.48. The smallest absolute Gasteiger partial charge is 0.249 e. The van der Waals surface area contributed by atoms with Gasteiger partial charge in [0.2, 0.25) is 11.9 Å². The molecule has 1 amide bonds. The molecule has 31 heavy (non-hydrogen) atoms. The van der Waals surface area contributed by atoms with Crippen LogP contribution in [0.2, 0.25) is 0 Å². The Morgan fingerprint density at radius 2 is 1.87 bits per heavy atom. The van der Waals surface area contributed by atoms with Gasteiger partial charge >= 0.3 is 0 Å². The molecule has 8 nitrogen and oxygen atoms in total. The maximum Gasteiger partial charge on any atom is 0.249 e. The quantitative estimate of drug-likeness (QED) is 0.598. The van der Waals surface area contributed by atoms with Crippen molar-refractivity contribution in [1.29, 1.82) is 0 Å². The first-order valence-electron chi connectivity index (χ1n) is 10.2. The number of methoxy groups -OCH3 is 3. The second-order valence-corrected chi connectivity index (χ2v) is 7.48. The third kappa shape index (κ3) is 4.47. The van der Waals surface area contributed by atoms with Gasteiger partial charge in [0.15, 0.2) is 5.82 Å². The van der Waals surface area contributed by atoms with E-state index < -0.39 is 0 Å². The highest BCUT2D eigenvalue weighted by molar-refractivity contribution is 5.89. The lowest BCUT2D eigenvalue weighted by Crippen LogP contribution is -2.19. The zero-order valence-corrected chi connectivity index (χ0v) is 17.9. The number of nitrogens with zero attached hydrogens (tertiary/aromatic N) is 2. The fraction of sp³-hybridized carbons (Fsp3) is 0.348. The molecule has 1 aromatic heterocycles. The number of hydrogen-bond acceptors (Lipinski definition) is 6. The maximum atomic E-state index is 12.7. The van der Waals surface area contributed by atoms with Crippen LogP contribution in [0.1, 0.15) is 36.3 Å². The van der Waals surface area contributed by atoms with Crippen LogP contribution in [0.4, 0.5) is 5.95 Å². The summed E-state index contributed by atoms with van der Waals surface area (Å²) in [6.07, 6.45) is 3.43. The van der Waals surface area contributed by atoms with Gasteiger partial charge in [0.25, 0.3) is 0 Å². The van der Waals surface area contributed by atoms with E-state index in [4.69, 9.17) is 14.2 Å². The Bertz CT molecular complexity index is 1080. The van der Waals surface area contributed by atoms with Crippen LogP contribution in [0.3, 0.4) is 0 Å². The average molecular weight is 422 g/mol. The molecule has 1 unspecified atom stereocenters. The minimum atomic E-state index is -0.110. The van der Waals surface area contributed by atoms with Gasteiger partial charge in [-0.1, -0.05) is 6.07 Å². The first kappa shape index (κ1) is 20.7. The van der Waals surface area contributed by atoms with Crippen molar-refractivity contribution < 1.29 is 19.0 Å². The molecule has 4 rings (SSSR count). The van der Waals surface area contributed by atoms with E-state index in [0.29, 0.717) is 23.7 Å². The van der Waals surface area contributed by atoms with Gasteiger partial charge in [-0.2, -0.15) is 4.98 Å². The van der Waals surface area contributed by atoms with E-state index in [1.54, 1.807) is 27.4 Å². The second kappa shape index (κ2) is 9.07. The van der Waals surface area contributed by atoms with Gasteiger partial charge in [-0.25, -0.2) is 0 Å². The molecule has 2 aromatic carbocycles. The zero-order chi connectivity index (χ0) is 21.8. The number of ether oxygens (including phenoxy) is 3. The SMILES string of the molecule is COc1ccc2c(c1)CCCC2CC(=O)Nc1n[nH]c(-c2ccc(OC)cc2OC)n1. The molecule has 162 valence electrons. The summed E-state index contributed by atoms with van der Waals surface area (Å²) in [7, 11) is 4.84. The first-order valence-corrected chi connectivity index (χ1v) is 10.2. The third-order valence-corrected chi connectivity index (χ3v) is 5.62. The topological polar surface area (TPSA) is 98.4 Å². The summed E-state index contributed by atoms with van der Waals surface area (Å²) in [6.45, 7) is 0. The molecule has 1 heterocycles. The number of aryl methyl sites for hydroxylation is 1. The monoisotopic (exact) mass is 422 g/mol. The number of carbonyl (C=O) groups is 1. The Balaban J connectivity index is 1.45. The number of amides is 1. The number of hydrogen-bond donors (Lipinski definition) is 2. The predicted octanol–water partition coefficient (Wildman–Crippen LogP) is 3.95. The molecule has 1 atom stereocenters. The maximum absolute atomic E-state index is 12.7. The Hall–Kier alpha value is -3.55. The van der Waals surface area contributed by atoms with E-state index in [1.807, 2.05) is 18.2 Å². The fourth-order valence-electron chi connectivity index (χ4n) is 4.06.